The number of carboxylic acid groups (broad SMARTS) is 1. The first-order valence-corrected chi connectivity index (χ1v) is 7.82. The van der Waals surface area contributed by atoms with Crippen LogP contribution in [0.15, 0.2) is 12.2 Å². The molecule has 5 nitrogen and oxygen atoms in total. The van der Waals surface area contributed by atoms with Crippen molar-refractivity contribution in [3.05, 3.63) is 12.2 Å². The second-order valence-electron chi connectivity index (χ2n) is 6.55. The van der Waals surface area contributed by atoms with Gasteiger partial charge in [0, 0.05) is 19.6 Å². The fourth-order valence-corrected chi connectivity index (χ4v) is 3.82. The molecule has 1 aliphatic carbocycles. The Morgan fingerprint density at radius 2 is 1.90 bits per heavy atom. The molecule has 0 spiro atoms. The molecule has 0 bridgehead atoms. The van der Waals surface area contributed by atoms with Crippen LogP contribution in [0.5, 0.6) is 0 Å². The van der Waals surface area contributed by atoms with Gasteiger partial charge < -0.3 is 14.9 Å². The van der Waals surface area contributed by atoms with E-state index < -0.39 is 12.0 Å². The van der Waals surface area contributed by atoms with E-state index in [9.17, 15) is 14.7 Å². The lowest BCUT2D eigenvalue weighted by Gasteiger charge is -2.48. The molecule has 0 aromatic carbocycles. The summed E-state index contributed by atoms with van der Waals surface area (Å²) in [6.45, 7) is 6.17. The van der Waals surface area contributed by atoms with Crippen LogP contribution in [0.4, 0.5) is 4.79 Å². The first kappa shape index (κ1) is 15.9. The number of carboxylic acids is 1. The van der Waals surface area contributed by atoms with Crippen molar-refractivity contribution in [2.24, 2.45) is 5.92 Å². The summed E-state index contributed by atoms with van der Waals surface area (Å²) in [5.41, 5.74) is 0.898. The number of hydrogen-bond acceptors (Lipinski definition) is 2. The average Bonchev–Trinajstić information content (AvgIpc) is 2.44. The number of piperidine rings is 1. The maximum absolute atomic E-state index is 12.8. The number of fused-ring (bicyclic) bond motifs is 1. The summed E-state index contributed by atoms with van der Waals surface area (Å²) in [6, 6.07) is -0.750. The monoisotopic (exact) mass is 294 g/mol. The zero-order valence-electron chi connectivity index (χ0n) is 13.0. The molecule has 2 aliphatic rings. The Hall–Kier alpha value is -1.52. The number of hydrogen-bond donors (Lipinski definition) is 1. The molecule has 2 rings (SSSR count). The van der Waals surface area contributed by atoms with Crippen LogP contribution in [0.1, 0.15) is 45.4 Å². The number of carbonyl (C=O) groups excluding carboxylic acids is 1. The maximum atomic E-state index is 12.8. The lowest BCUT2D eigenvalue weighted by Crippen LogP contribution is -2.60. The normalized spacial score (nSPS) is 28.7. The second kappa shape index (κ2) is 6.50. The van der Waals surface area contributed by atoms with E-state index in [-0.39, 0.29) is 12.1 Å². The van der Waals surface area contributed by atoms with Crippen molar-refractivity contribution in [3.8, 4) is 0 Å². The van der Waals surface area contributed by atoms with Crippen LogP contribution in [-0.2, 0) is 4.79 Å². The summed E-state index contributed by atoms with van der Waals surface area (Å²) in [6.07, 6.45) is 5.83. The Labute approximate surface area is 126 Å². The number of aliphatic carboxylic acids is 1. The minimum absolute atomic E-state index is 0.0914. The van der Waals surface area contributed by atoms with E-state index >= 15 is 0 Å². The third-order valence-electron chi connectivity index (χ3n) is 4.71. The van der Waals surface area contributed by atoms with Crippen LogP contribution in [0.25, 0.3) is 0 Å². The molecule has 3 atom stereocenters. The number of carbonyl (C=O) groups is 2. The fourth-order valence-electron chi connectivity index (χ4n) is 3.82. The maximum Gasteiger partial charge on any atom is 0.326 e. The van der Waals surface area contributed by atoms with Crippen molar-refractivity contribution in [1.82, 2.24) is 9.80 Å². The molecule has 0 radical (unpaired) electrons. The van der Waals surface area contributed by atoms with E-state index in [1.165, 1.54) is 6.42 Å². The van der Waals surface area contributed by atoms with Gasteiger partial charge in [-0.2, -0.15) is 0 Å². The third-order valence-corrected chi connectivity index (χ3v) is 4.71. The molecule has 0 aromatic rings. The number of likely N-dealkylation sites (tertiary alicyclic amines) is 1. The van der Waals surface area contributed by atoms with Crippen LogP contribution < -0.4 is 0 Å². The average molecular weight is 294 g/mol. The van der Waals surface area contributed by atoms with Gasteiger partial charge in [-0.3, -0.25) is 0 Å². The van der Waals surface area contributed by atoms with Gasteiger partial charge >= 0.3 is 12.0 Å². The topological polar surface area (TPSA) is 60.9 Å². The summed E-state index contributed by atoms with van der Waals surface area (Å²) < 4.78 is 0. The molecule has 0 aromatic heterocycles. The zero-order valence-corrected chi connectivity index (χ0v) is 13.0. The molecular weight excluding hydrogens is 268 g/mol. The van der Waals surface area contributed by atoms with E-state index in [4.69, 9.17) is 0 Å². The minimum Gasteiger partial charge on any atom is -0.480 e. The van der Waals surface area contributed by atoms with E-state index in [2.05, 4.69) is 6.58 Å². The summed E-state index contributed by atoms with van der Waals surface area (Å²) in [7, 11) is 1.72. The largest absolute Gasteiger partial charge is 0.480 e. The molecule has 1 saturated carbocycles. The van der Waals surface area contributed by atoms with Crippen molar-refractivity contribution < 1.29 is 14.7 Å². The van der Waals surface area contributed by atoms with Crippen LogP contribution in [-0.4, -0.2) is 52.6 Å². The summed E-state index contributed by atoms with van der Waals surface area (Å²) in [5.74, 6) is -0.410. The molecule has 118 valence electrons. The molecule has 1 heterocycles. The number of rotatable bonds is 3. The molecule has 1 N–H and O–H groups in total. The standard InChI is InChI=1S/C16H26N2O3/c1-11(2)10-17(3)16(21)18-13-7-5-4-6-12(13)8-9-14(18)15(19)20/h12-14H,1,4-10H2,2-3H3,(H,19,20). The molecule has 5 heteroatoms. The predicted molar refractivity (Wildman–Crippen MR) is 81.1 cm³/mol. The number of likely N-dealkylation sites (N-methyl/N-ethyl adjacent to an activating group) is 1. The van der Waals surface area contributed by atoms with E-state index in [0.717, 1.165) is 31.3 Å². The summed E-state index contributed by atoms with van der Waals surface area (Å²) in [5, 5.41) is 9.48. The van der Waals surface area contributed by atoms with Gasteiger partial charge in [-0.1, -0.05) is 25.0 Å². The van der Waals surface area contributed by atoms with Crippen LogP contribution in [0, 0.1) is 5.92 Å². The van der Waals surface area contributed by atoms with Crippen LogP contribution in [0.3, 0.4) is 0 Å². The summed E-state index contributed by atoms with van der Waals surface area (Å²) in [4.78, 5) is 27.6. The van der Waals surface area contributed by atoms with Gasteiger partial charge in [-0.05, 0) is 38.5 Å². The van der Waals surface area contributed by atoms with Crippen molar-refractivity contribution in [2.45, 2.75) is 57.5 Å². The van der Waals surface area contributed by atoms with E-state index in [1.54, 1.807) is 16.8 Å². The molecule has 3 unspecified atom stereocenters. The highest BCUT2D eigenvalue weighted by Gasteiger charge is 2.44. The Bertz CT molecular complexity index is 435. The summed E-state index contributed by atoms with van der Waals surface area (Å²) >= 11 is 0. The van der Waals surface area contributed by atoms with Crippen LogP contribution >= 0.6 is 0 Å². The third kappa shape index (κ3) is 3.39. The lowest BCUT2D eigenvalue weighted by atomic mass is 9.76. The molecular formula is C16H26N2O3. The molecule has 1 saturated heterocycles. The predicted octanol–water partition coefficient (Wildman–Crippen LogP) is 2.72. The van der Waals surface area contributed by atoms with Gasteiger partial charge in [-0.15, -0.1) is 0 Å². The SMILES string of the molecule is C=C(C)CN(C)C(=O)N1C(C(=O)O)CCC2CCCCC21. The highest BCUT2D eigenvalue weighted by molar-refractivity contribution is 5.83. The first-order valence-electron chi connectivity index (χ1n) is 7.82. The van der Waals surface area contributed by atoms with Crippen molar-refractivity contribution in [2.75, 3.05) is 13.6 Å². The molecule has 1 aliphatic heterocycles. The quantitative estimate of drug-likeness (QED) is 0.814. The van der Waals surface area contributed by atoms with Gasteiger partial charge in [0.1, 0.15) is 6.04 Å². The Balaban J connectivity index is 2.21. The van der Waals surface area contributed by atoms with Gasteiger partial charge in [0.15, 0.2) is 0 Å². The second-order valence-corrected chi connectivity index (χ2v) is 6.55. The van der Waals surface area contributed by atoms with Gasteiger partial charge in [0.05, 0.1) is 0 Å². The van der Waals surface area contributed by atoms with E-state index in [0.29, 0.717) is 18.9 Å². The van der Waals surface area contributed by atoms with Gasteiger partial charge in [0.25, 0.3) is 0 Å². The van der Waals surface area contributed by atoms with Crippen molar-refractivity contribution in [3.63, 3.8) is 0 Å². The fraction of sp³-hybridized carbons (Fsp3) is 0.750. The molecule has 2 amide bonds. The minimum atomic E-state index is -0.879. The van der Waals surface area contributed by atoms with Crippen molar-refractivity contribution in [1.29, 1.82) is 0 Å². The van der Waals surface area contributed by atoms with Crippen molar-refractivity contribution >= 4 is 12.0 Å². The van der Waals surface area contributed by atoms with Gasteiger partial charge in [-0.25, -0.2) is 9.59 Å². The number of nitrogens with zero attached hydrogens (tertiary/aromatic N) is 2. The lowest BCUT2D eigenvalue weighted by molar-refractivity contribution is -0.146. The Kier molecular flexibility index (Phi) is 4.91. The van der Waals surface area contributed by atoms with E-state index in [1.807, 2.05) is 6.92 Å². The first-order chi connectivity index (χ1) is 9.91. The Morgan fingerprint density at radius 3 is 2.52 bits per heavy atom. The Morgan fingerprint density at radius 1 is 1.24 bits per heavy atom. The zero-order chi connectivity index (χ0) is 15.6. The van der Waals surface area contributed by atoms with Gasteiger partial charge in [0.2, 0.25) is 0 Å². The number of amides is 2. The highest BCUT2D eigenvalue weighted by atomic mass is 16.4. The smallest absolute Gasteiger partial charge is 0.326 e. The van der Waals surface area contributed by atoms with Crippen LogP contribution in [0.2, 0.25) is 0 Å². The highest BCUT2D eigenvalue weighted by Crippen LogP contribution is 2.38. The molecule has 2 fully saturated rings. The number of urea groups is 1. The molecule has 21 heavy (non-hydrogen) atoms.